The molecule has 11 heavy (non-hydrogen) atoms. The number of rotatable bonds is 0. The van der Waals surface area contributed by atoms with Gasteiger partial charge in [0.2, 0.25) is 0 Å². The standard InChI is InChI=1S/C8H7NOS/c10-6-1-2-7-8(5-6)11-4-3-9-7/h1-5,9-10H. The van der Waals surface area contributed by atoms with Gasteiger partial charge < -0.3 is 10.4 Å². The molecule has 0 fully saturated rings. The molecule has 0 bridgehead atoms. The molecule has 0 spiro atoms. The predicted octanol–water partition coefficient (Wildman–Crippen LogP) is 2.38. The minimum absolute atomic E-state index is 0.313. The topological polar surface area (TPSA) is 32.3 Å². The summed E-state index contributed by atoms with van der Waals surface area (Å²) < 4.78 is 0. The molecule has 0 saturated carbocycles. The van der Waals surface area contributed by atoms with E-state index in [2.05, 4.69) is 5.32 Å². The van der Waals surface area contributed by atoms with E-state index in [1.54, 1.807) is 23.9 Å². The lowest BCUT2D eigenvalue weighted by Gasteiger charge is -2.11. The first-order valence-electron chi connectivity index (χ1n) is 3.27. The quantitative estimate of drug-likeness (QED) is 0.579. The van der Waals surface area contributed by atoms with E-state index < -0.39 is 0 Å². The van der Waals surface area contributed by atoms with Crippen molar-refractivity contribution in [2.45, 2.75) is 4.90 Å². The van der Waals surface area contributed by atoms with Gasteiger partial charge in [0.05, 0.1) is 5.69 Å². The van der Waals surface area contributed by atoms with E-state index in [0.717, 1.165) is 10.6 Å². The van der Waals surface area contributed by atoms with Gasteiger partial charge in [-0.15, -0.1) is 0 Å². The number of hydrogen-bond acceptors (Lipinski definition) is 3. The molecule has 0 atom stereocenters. The Hall–Kier alpha value is -1.09. The fraction of sp³-hybridized carbons (Fsp3) is 0. The number of benzene rings is 1. The van der Waals surface area contributed by atoms with E-state index in [-0.39, 0.29) is 0 Å². The van der Waals surface area contributed by atoms with Crippen molar-refractivity contribution in [1.82, 2.24) is 0 Å². The van der Waals surface area contributed by atoms with E-state index in [1.807, 2.05) is 17.7 Å². The smallest absolute Gasteiger partial charge is 0.116 e. The average Bonchev–Trinajstić information content (AvgIpc) is 2.04. The molecule has 2 N–H and O–H groups in total. The van der Waals surface area contributed by atoms with Crippen molar-refractivity contribution >= 4 is 17.4 Å². The van der Waals surface area contributed by atoms with Gasteiger partial charge in [0, 0.05) is 11.1 Å². The Morgan fingerprint density at radius 2 is 2.27 bits per heavy atom. The molecule has 0 unspecified atom stereocenters. The van der Waals surface area contributed by atoms with Crippen molar-refractivity contribution in [3.63, 3.8) is 0 Å². The van der Waals surface area contributed by atoms with Gasteiger partial charge in [-0.25, -0.2) is 0 Å². The molecular formula is C8H7NOS. The lowest BCUT2D eigenvalue weighted by Crippen LogP contribution is -1.92. The average molecular weight is 165 g/mol. The molecule has 0 aliphatic carbocycles. The van der Waals surface area contributed by atoms with Gasteiger partial charge in [0.1, 0.15) is 5.75 Å². The lowest BCUT2D eigenvalue weighted by atomic mass is 10.3. The van der Waals surface area contributed by atoms with Crippen LogP contribution < -0.4 is 5.32 Å². The first-order valence-corrected chi connectivity index (χ1v) is 4.15. The van der Waals surface area contributed by atoms with Crippen LogP contribution in [-0.2, 0) is 0 Å². The highest BCUT2D eigenvalue weighted by atomic mass is 32.2. The maximum Gasteiger partial charge on any atom is 0.116 e. The van der Waals surface area contributed by atoms with Crippen LogP contribution in [0.2, 0.25) is 0 Å². The Labute approximate surface area is 68.9 Å². The third kappa shape index (κ3) is 1.19. The van der Waals surface area contributed by atoms with Crippen molar-refractivity contribution in [3.8, 4) is 5.75 Å². The van der Waals surface area contributed by atoms with Gasteiger partial charge in [-0.2, -0.15) is 0 Å². The highest BCUT2D eigenvalue weighted by Gasteiger charge is 2.04. The van der Waals surface area contributed by atoms with Crippen LogP contribution in [0.4, 0.5) is 5.69 Å². The second kappa shape index (κ2) is 2.51. The van der Waals surface area contributed by atoms with Crippen LogP contribution in [0.3, 0.4) is 0 Å². The van der Waals surface area contributed by atoms with Crippen LogP contribution in [0.5, 0.6) is 5.75 Å². The summed E-state index contributed by atoms with van der Waals surface area (Å²) in [4.78, 5) is 1.06. The van der Waals surface area contributed by atoms with Crippen molar-refractivity contribution in [2.75, 3.05) is 5.32 Å². The molecule has 1 aliphatic heterocycles. The molecule has 0 aromatic heterocycles. The maximum absolute atomic E-state index is 9.12. The Morgan fingerprint density at radius 1 is 1.36 bits per heavy atom. The Balaban J connectivity index is 2.48. The van der Waals surface area contributed by atoms with Crippen LogP contribution >= 0.6 is 11.8 Å². The Kier molecular flexibility index (Phi) is 1.51. The fourth-order valence-corrected chi connectivity index (χ4v) is 1.68. The van der Waals surface area contributed by atoms with Crippen LogP contribution in [0.1, 0.15) is 0 Å². The maximum atomic E-state index is 9.12. The van der Waals surface area contributed by atoms with Crippen molar-refractivity contribution in [3.05, 3.63) is 29.8 Å². The number of aromatic hydroxyl groups is 1. The largest absolute Gasteiger partial charge is 0.508 e. The summed E-state index contributed by atoms with van der Waals surface area (Å²) in [5, 5.41) is 14.1. The zero-order valence-electron chi connectivity index (χ0n) is 5.74. The third-order valence-electron chi connectivity index (χ3n) is 1.47. The normalized spacial score (nSPS) is 13.8. The number of nitrogens with one attached hydrogen (secondary N) is 1. The summed E-state index contributed by atoms with van der Waals surface area (Å²) in [6, 6.07) is 5.28. The van der Waals surface area contributed by atoms with Gasteiger partial charge >= 0.3 is 0 Å². The first-order chi connectivity index (χ1) is 5.36. The van der Waals surface area contributed by atoms with Crippen LogP contribution in [-0.4, -0.2) is 5.11 Å². The van der Waals surface area contributed by atoms with E-state index in [4.69, 9.17) is 5.11 Å². The van der Waals surface area contributed by atoms with Crippen molar-refractivity contribution < 1.29 is 5.11 Å². The first kappa shape index (κ1) is 6.61. The summed E-state index contributed by atoms with van der Waals surface area (Å²) in [6.07, 6.45) is 1.88. The third-order valence-corrected chi connectivity index (χ3v) is 2.33. The van der Waals surface area contributed by atoms with Crippen LogP contribution in [0.15, 0.2) is 34.7 Å². The molecule has 0 amide bonds. The van der Waals surface area contributed by atoms with E-state index in [1.165, 1.54) is 0 Å². The monoisotopic (exact) mass is 165 g/mol. The van der Waals surface area contributed by atoms with Crippen molar-refractivity contribution in [2.24, 2.45) is 0 Å². The van der Waals surface area contributed by atoms with E-state index in [0.29, 0.717) is 5.75 Å². The molecule has 1 aliphatic rings. The molecule has 1 aromatic rings. The number of phenols is 1. The van der Waals surface area contributed by atoms with E-state index >= 15 is 0 Å². The summed E-state index contributed by atoms with van der Waals surface area (Å²) in [5.74, 6) is 0.313. The van der Waals surface area contributed by atoms with Gasteiger partial charge in [-0.3, -0.25) is 0 Å². The predicted molar refractivity (Wildman–Crippen MR) is 46.7 cm³/mol. The molecule has 3 heteroatoms. The van der Waals surface area contributed by atoms with Gasteiger partial charge in [-0.05, 0) is 23.6 Å². The highest BCUT2D eigenvalue weighted by molar-refractivity contribution is 8.02. The second-order valence-corrected chi connectivity index (χ2v) is 3.19. The minimum atomic E-state index is 0.313. The molecular weight excluding hydrogens is 158 g/mol. The lowest BCUT2D eigenvalue weighted by molar-refractivity contribution is 0.474. The zero-order chi connectivity index (χ0) is 7.68. The summed E-state index contributed by atoms with van der Waals surface area (Å²) >= 11 is 1.60. The Morgan fingerprint density at radius 3 is 3.18 bits per heavy atom. The van der Waals surface area contributed by atoms with Crippen LogP contribution in [0, 0.1) is 0 Å². The molecule has 1 heterocycles. The minimum Gasteiger partial charge on any atom is -0.508 e. The molecule has 2 nitrogen and oxygen atoms in total. The van der Waals surface area contributed by atoms with Gasteiger partial charge in [0.15, 0.2) is 0 Å². The molecule has 56 valence electrons. The molecule has 2 rings (SSSR count). The van der Waals surface area contributed by atoms with E-state index in [9.17, 15) is 0 Å². The van der Waals surface area contributed by atoms with Gasteiger partial charge in [0.25, 0.3) is 0 Å². The number of phenolic OH excluding ortho intramolecular Hbond substituents is 1. The number of anilines is 1. The van der Waals surface area contributed by atoms with Crippen LogP contribution in [0.25, 0.3) is 0 Å². The molecule has 1 aromatic carbocycles. The molecule has 0 saturated heterocycles. The second-order valence-electron chi connectivity index (χ2n) is 2.25. The molecule has 0 radical (unpaired) electrons. The zero-order valence-corrected chi connectivity index (χ0v) is 6.56. The van der Waals surface area contributed by atoms with Gasteiger partial charge in [-0.1, -0.05) is 11.8 Å². The van der Waals surface area contributed by atoms with Crippen molar-refractivity contribution in [1.29, 1.82) is 0 Å². The summed E-state index contributed by atoms with van der Waals surface area (Å²) in [6.45, 7) is 0. The highest BCUT2D eigenvalue weighted by Crippen LogP contribution is 2.33. The summed E-state index contributed by atoms with van der Waals surface area (Å²) in [7, 11) is 0. The fourth-order valence-electron chi connectivity index (χ4n) is 0.959. The Bertz CT molecular complexity index is 309. The number of hydrogen-bond donors (Lipinski definition) is 2. The SMILES string of the molecule is Oc1ccc2c(c1)SC=CN2. The summed E-state index contributed by atoms with van der Waals surface area (Å²) in [5.41, 5.74) is 1.05. The number of thioether (sulfide) groups is 1. The number of fused-ring (bicyclic) bond motifs is 1.